The van der Waals surface area contributed by atoms with E-state index in [-0.39, 0.29) is 0 Å². The lowest BCUT2D eigenvalue weighted by Gasteiger charge is -2.44. The van der Waals surface area contributed by atoms with Crippen molar-refractivity contribution >= 4 is 40.3 Å². The molecule has 0 saturated carbocycles. The third-order valence-electron chi connectivity index (χ3n) is 6.79. The maximum Gasteiger partial charge on any atom is 0.408 e. The van der Waals surface area contributed by atoms with E-state index >= 15 is 0 Å². The first-order valence-corrected chi connectivity index (χ1v) is 13.7. The van der Waals surface area contributed by atoms with Crippen molar-refractivity contribution in [3.63, 3.8) is 0 Å². The Morgan fingerprint density at radius 1 is 0.878 bits per heavy atom. The summed E-state index contributed by atoms with van der Waals surface area (Å²) in [4.78, 5) is 54.5. The molecule has 0 heterocycles. The van der Waals surface area contributed by atoms with Gasteiger partial charge in [0.2, 0.25) is 11.8 Å². The topological polar surface area (TPSA) is 131 Å². The van der Waals surface area contributed by atoms with Gasteiger partial charge in [-0.15, -0.1) is 0 Å². The van der Waals surface area contributed by atoms with E-state index in [1.807, 2.05) is 63.2 Å². The minimum Gasteiger partial charge on any atom is -0.444 e. The summed E-state index contributed by atoms with van der Waals surface area (Å²) in [6, 6.07) is 19.8. The Hall–Kier alpha value is -4.40. The molecule has 0 aliphatic carbocycles. The Labute approximate surface area is 241 Å². The van der Waals surface area contributed by atoms with Gasteiger partial charge in [0.15, 0.2) is 0 Å². The summed E-state index contributed by atoms with van der Waals surface area (Å²) >= 11 is 0. The van der Waals surface area contributed by atoms with Crippen LogP contribution in [0.2, 0.25) is 0 Å². The van der Waals surface area contributed by atoms with Crippen LogP contribution in [0.1, 0.15) is 66.0 Å². The summed E-state index contributed by atoms with van der Waals surface area (Å²) in [5.41, 5.74) is 4.92. The first kappa shape index (κ1) is 31.1. The van der Waals surface area contributed by atoms with Crippen molar-refractivity contribution in [2.24, 2.45) is 5.73 Å². The van der Waals surface area contributed by atoms with Gasteiger partial charge in [0.1, 0.15) is 17.7 Å². The van der Waals surface area contributed by atoms with Crippen LogP contribution < -0.4 is 16.4 Å². The van der Waals surface area contributed by atoms with Crippen molar-refractivity contribution in [1.82, 2.24) is 10.2 Å². The van der Waals surface area contributed by atoms with E-state index in [1.165, 1.54) is 4.90 Å². The average Bonchev–Trinajstić information content (AvgIpc) is 2.89. The van der Waals surface area contributed by atoms with E-state index in [2.05, 4.69) is 10.6 Å². The van der Waals surface area contributed by atoms with Crippen molar-refractivity contribution in [3.05, 3.63) is 78.4 Å². The number of carbonyl (C=O) groups excluding carboxylic acids is 4. The number of hydrogen-bond acceptors (Lipinski definition) is 5. The Kier molecular flexibility index (Phi) is 9.75. The van der Waals surface area contributed by atoms with Gasteiger partial charge in [-0.25, -0.2) is 4.79 Å². The molecule has 0 aliphatic heterocycles. The number of hydrogen-bond donors (Lipinski definition) is 3. The standard InChI is InChI=1S/C32H40N4O5/c1-7-32(5,6)36(29(39)25(20-26(33)37)35-30(40)41-31(2,3)4)27(22-14-9-8-10-15-22)28(38)34-24-18-17-21-13-11-12-16-23(21)19-24/h8-19,25,27H,7,20H2,1-6H3,(H2,33,37)(H,34,38)(H,35,40). The van der Waals surface area contributed by atoms with E-state index in [0.717, 1.165) is 10.8 Å². The van der Waals surface area contributed by atoms with E-state index in [0.29, 0.717) is 17.7 Å². The van der Waals surface area contributed by atoms with E-state index < -0.39 is 53.5 Å². The van der Waals surface area contributed by atoms with E-state index in [1.54, 1.807) is 51.1 Å². The summed E-state index contributed by atoms with van der Waals surface area (Å²) in [7, 11) is 0. The molecule has 3 rings (SSSR count). The monoisotopic (exact) mass is 560 g/mol. The minimum atomic E-state index is -1.35. The lowest BCUT2D eigenvalue weighted by molar-refractivity contribution is -0.148. The van der Waals surface area contributed by atoms with Gasteiger partial charge in [0.05, 0.1) is 6.42 Å². The number of ether oxygens (including phenoxy) is 1. The second-order valence-corrected chi connectivity index (χ2v) is 11.6. The smallest absolute Gasteiger partial charge is 0.408 e. The summed E-state index contributed by atoms with van der Waals surface area (Å²) < 4.78 is 5.35. The highest BCUT2D eigenvalue weighted by molar-refractivity contribution is 6.01. The van der Waals surface area contributed by atoms with Crippen LogP contribution in [0.25, 0.3) is 10.8 Å². The van der Waals surface area contributed by atoms with Crippen LogP contribution in [0.15, 0.2) is 72.8 Å². The van der Waals surface area contributed by atoms with Gasteiger partial charge < -0.3 is 26.0 Å². The first-order valence-electron chi connectivity index (χ1n) is 13.7. The molecular formula is C32H40N4O5. The third-order valence-corrected chi connectivity index (χ3v) is 6.79. The van der Waals surface area contributed by atoms with Crippen molar-refractivity contribution in [1.29, 1.82) is 0 Å². The highest BCUT2D eigenvalue weighted by Crippen LogP contribution is 2.33. The Balaban J connectivity index is 2.07. The van der Waals surface area contributed by atoms with E-state index in [9.17, 15) is 19.2 Å². The van der Waals surface area contributed by atoms with Gasteiger partial charge in [-0.3, -0.25) is 14.4 Å². The second kappa shape index (κ2) is 12.8. The Morgan fingerprint density at radius 3 is 2.07 bits per heavy atom. The molecule has 2 unspecified atom stereocenters. The van der Waals surface area contributed by atoms with Gasteiger partial charge in [-0.2, -0.15) is 0 Å². The second-order valence-electron chi connectivity index (χ2n) is 11.6. The maximum absolute atomic E-state index is 14.3. The maximum atomic E-state index is 14.3. The summed E-state index contributed by atoms with van der Waals surface area (Å²) in [6.07, 6.45) is -0.869. The van der Waals surface area contributed by atoms with Crippen LogP contribution in [0.4, 0.5) is 10.5 Å². The highest BCUT2D eigenvalue weighted by Gasteiger charge is 2.43. The van der Waals surface area contributed by atoms with Gasteiger partial charge in [0, 0.05) is 11.2 Å². The number of nitrogens with two attached hydrogens (primary N) is 1. The van der Waals surface area contributed by atoms with Crippen molar-refractivity contribution < 1.29 is 23.9 Å². The first-order chi connectivity index (χ1) is 19.2. The number of fused-ring (bicyclic) bond motifs is 1. The number of amides is 4. The Morgan fingerprint density at radius 2 is 1.49 bits per heavy atom. The van der Waals surface area contributed by atoms with Gasteiger partial charge in [-0.05, 0) is 69.5 Å². The van der Waals surface area contributed by atoms with E-state index in [4.69, 9.17) is 10.5 Å². The largest absolute Gasteiger partial charge is 0.444 e. The predicted octanol–water partition coefficient (Wildman–Crippen LogP) is 5.31. The number of alkyl carbamates (subject to hydrolysis) is 1. The molecule has 4 amide bonds. The fourth-order valence-corrected chi connectivity index (χ4v) is 4.50. The molecule has 0 aromatic heterocycles. The highest BCUT2D eigenvalue weighted by atomic mass is 16.6. The molecule has 0 bridgehead atoms. The predicted molar refractivity (Wildman–Crippen MR) is 160 cm³/mol. The van der Waals surface area contributed by atoms with Gasteiger partial charge in [-0.1, -0.05) is 67.6 Å². The molecule has 0 fully saturated rings. The molecule has 0 radical (unpaired) electrons. The van der Waals surface area contributed by atoms with Crippen molar-refractivity contribution in [2.75, 3.05) is 5.32 Å². The summed E-state index contributed by atoms with van der Waals surface area (Å²) in [6.45, 7) is 10.6. The number of rotatable bonds is 10. The molecule has 218 valence electrons. The zero-order valence-corrected chi connectivity index (χ0v) is 24.6. The lowest BCUT2D eigenvalue weighted by atomic mass is 9.91. The van der Waals surface area contributed by atoms with Gasteiger partial charge >= 0.3 is 6.09 Å². The molecule has 3 aromatic rings. The fourth-order valence-electron chi connectivity index (χ4n) is 4.50. The lowest BCUT2D eigenvalue weighted by Crippen LogP contribution is -2.59. The Bertz CT molecular complexity index is 1400. The molecule has 2 atom stereocenters. The quantitative estimate of drug-likeness (QED) is 0.310. The SMILES string of the molecule is CCC(C)(C)N(C(=O)C(CC(N)=O)NC(=O)OC(C)(C)C)C(C(=O)Nc1ccc2ccccc2c1)c1ccccc1. The van der Waals surface area contributed by atoms with Crippen LogP contribution in [0, 0.1) is 0 Å². The molecule has 41 heavy (non-hydrogen) atoms. The van der Waals surface area contributed by atoms with Crippen LogP contribution in [-0.4, -0.2) is 45.9 Å². The molecule has 0 saturated heterocycles. The normalized spacial score (nSPS) is 13.1. The summed E-state index contributed by atoms with van der Waals surface area (Å²) in [5.74, 6) is -1.87. The fraction of sp³-hybridized carbons (Fsp3) is 0.375. The van der Waals surface area contributed by atoms with Crippen molar-refractivity contribution in [2.45, 2.75) is 77.6 Å². The molecule has 9 nitrogen and oxygen atoms in total. The van der Waals surface area contributed by atoms with Gasteiger partial charge in [0.25, 0.3) is 5.91 Å². The number of benzene rings is 3. The zero-order valence-electron chi connectivity index (χ0n) is 24.6. The summed E-state index contributed by atoms with van der Waals surface area (Å²) in [5, 5.41) is 7.47. The number of carbonyl (C=O) groups is 4. The van der Waals surface area contributed by atoms with Crippen LogP contribution >= 0.6 is 0 Å². The zero-order chi connectivity index (χ0) is 30.4. The number of anilines is 1. The third kappa shape index (κ3) is 8.30. The number of primary amides is 1. The van der Waals surface area contributed by atoms with Crippen LogP contribution in [0.3, 0.4) is 0 Å². The number of nitrogens with zero attached hydrogens (tertiary/aromatic N) is 1. The minimum absolute atomic E-state index is 0.448. The molecule has 9 heteroatoms. The molecular weight excluding hydrogens is 520 g/mol. The molecule has 0 spiro atoms. The molecule has 4 N–H and O–H groups in total. The average molecular weight is 561 g/mol. The number of nitrogens with one attached hydrogen (secondary N) is 2. The molecule has 3 aromatic carbocycles. The van der Waals surface area contributed by atoms with Crippen LogP contribution in [-0.2, 0) is 19.1 Å². The van der Waals surface area contributed by atoms with Crippen molar-refractivity contribution in [3.8, 4) is 0 Å². The molecule has 0 aliphatic rings. The van der Waals surface area contributed by atoms with Crippen LogP contribution in [0.5, 0.6) is 0 Å².